The minimum Gasteiger partial charge on any atom is -0.460 e. The predicted octanol–water partition coefficient (Wildman–Crippen LogP) is 2.77. The number of aryl methyl sites for hydroxylation is 2. The van der Waals surface area contributed by atoms with E-state index in [4.69, 9.17) is 9.47 Å². The van der Waals surface area contributed by atoms with Crippen LogP contribution in [-0.2, 0) is 20.9 Å². The number of hydrogen-bond acceptors (Lipinski definition) is 3. The van der Waals surface area contributed by atoms with E-state index in [9.17, 15) is 4.79 Å². The van der Waals surface area contributed by atoms with Gasteiger partial charge in [0.05, 0.1) is 13.2 Å². The van der Waals surface area contributed by atoms with Gasteiger partial charge in [-0.3, -0.25) is 4.79 Å². The van der Waals surface area contributed by atoms with Crippen molar-refractivity contribution in [3.8, 4) is 0 Å². The maximum atomic E-state index is 10.7. The molecule has 0 spiro atoms. The first-order chi connectivity index (χ1) is 8.00. The van der Waals surface area contributed by atoms with E-state index in [0.29, 0.717) is 13.2 Å². The second kappa shape index (κ2) is 6.40. The molecule has 0 aliphatic carbocycles. The Balaban J connectivity index is 2.43. The molecule has 0 aliphatic rings. The third-order valence-electron chi connectivity index (χ3n) is 2.61. The summed E-state index contributed by atoms with van der Waals surface area (Å²) in [5.74, 6) is -0.270. The molecule has 0 heterocycles. The second-order valence-corrected chi connectivity index (χ2v) is 4.31. The van der Waals surface area contributed by atoms with Gasteiger partial charge in [0.2, 0.25) is 0 Å². The van der Waals surface area contributed by atoms with Gasteiger partial charge in [-0.15, -0.1) is 0 Å². The van der Waals surface area contributed by atoms with Crippen molar-refractivity contribution < 1.29 is 14.3 Å². The Kier molecular flexibility index (Phi) is 5.16. The average Bonchev–Trinajstić information content (AvgIpc) is 2.21. The van der Waals surface area contributed by atoms with E-state index in [1.54, 1.807) is 0 Å². The van der Waals surface area contributed by atoms with Gasteiger partial charge in [-0.05, 0) is 37.5 Å². The minimum atomic E-state index is -0.270. The molecule has 1 unspecified atom stereocenters. The second-order valence-electron chi connectivity index (χ2n) is 4.31. The third kappa shape index (κ3) is 4.57. The van der Waals surface area contributed by atoms with Gasteiger partial charge in [0.1, 0.15) is 6.10 Å². The van der Waals surface area contributed by atoms with Gasteiger partial charge in [0.15, 0.2) is 0 Å². The average molecular weight is 236 g/mol. The summed E-state index contributed by atoms with van der Waals surface area (Å²) in [5, 5.41) is 0. The predicted molar refractivity (Wildman–Crippen MR) is 66.8 cm³/mol. The molecular weight excluding hydrogens is 216 g/mol. The highest BCUT2D eigenvalue weighted by Gasteiger charge is 2.07. The van der Waals surface area contributed by atoms with Crippen molar-refractivity contribution in [2.75, 3.05) is 6.61 Å². The quantitative estimate of drug-likeness (QED) is 0.737. The maximum absolute atomic E-state index is 10.7. The van der Waals surface area contributed by atoms with Gasteiger partial charge >= 0.3 is 5.97 Å². The zero-order valence-corrected chi connectivity index (χ0v) is 10.9. The highest BCUT2D eigenvalue weighted by atomic mass is 16.6. The largest absolute Gasteiger partial charge is 0.460 e. The van der Waals surface area contributed by atoms with Crippen molar-refractivity contribution in [1.82, 2.24) is 0 Å². The van der Waals surface area contributed by atoms with Crippen LogP contribution in [0.4, 0.5) is 0 Å². The van der Waals surface area contributed by atoms with E-state index in [-0.39, 0.29) is 12.1 Å². The Labute approximate surface area is 103 Å². The summed E-state index contributed by atoms with van der Waals surface area (Å²) in [6.45, 7) is 8.36. The van der Waals surface area contributed by atoms with Crippen LogP contribution in [-0.4, -0.2) is 18.7 Å². The molecule has 0 fully saturated rings. The summed E-state index contributed by atoms with van der Waals surface area (Å²) in [4.78, 5) is 10.7. The van der Waals surface area contributed by atoms with E-state index in [2.05, 4.69) is 26.0 Å². The van der Waals surface area contributed by atoms with Crippen LogP contribution >= 0.6 is 0 Å². The van der Waals surface area contributed by atoms with E-state index in [1.807, 2.05) is 13.0 Å². The van der Waals surface area contributed by atoms with E-state index < -0.39 is 0 Å². The highest BCUT2D eigenvalue weighted by Crippen LogP contribution is 2.14. The maximum Gasteiger partial charge on any atom is 0.302 e. The Morgan fingerprint density at radius 3 is 2.41 bits per heavy atom. The smallest absolute Gasteiger partial charge is 0.302 e. The van der Waals surface area contributed by atoms with Gasteiger partial charge in [-0.25, -0.2) is 0 Å². The van der Waals surface area contributed by atoms with Crippen molar-refractivity contribution >= 4 is 5.97 Å². The molecule has 0 aromatic heterocycles. The SMILES string of the molecule is CC(=O)OC(C)COCc1c(C)cccc1C. The number of hydrogen-bond donors (Lipinski definition) is 0. The first-order valence-electron chi connectivity index (χ1n) is 5.80. The summed E-state index contributed by atoms with van der Waals surface area (Å²) in [5.41, 5.74) is 3.66. The van der Waals surface area contributed by atoms with Crippen LogP contribution < -0.4 is 0 Å². The first kappa shape index (κ1) is 13.7. The van der Waals surface area contributed by atoms with Crippen LogP contribution in [0.5, 0.6) is 0 Å². The fraction of sp³-hybridized carbons (Fsp3) is 0.500. The Hall–Kier alpha value is -1.35. The summed E-state index contributed by atoms with van der Waals surface area (Å²) in [6.07, 6.45) is -0.197. The Bertz CT molecular complexity index is 365. The molecule has 0 aliphatic heterocycles. The van der Waals surface area contributed by atoms with Crippen molar-refractivity contribution in [3.63, 3.8) is 0 Å². The molecule has 3 nitrogen and oxygen atoms in total. The van der Waals surface area contributed by atoms with Crippen molar-refractivity contribution in [2.45, 2.75) is 40.4 Å². The molecule has 0 saturated heterocycles. The molecule has 3 heteroatoms. The van der Waals surface area contributed by atoms with Crippen LogP contribution in [0, 0.1) is 13.8 Å². The molecule has 1 aromatic carbocycles. The minimum absolute atomic E-state index is 0.197. The highest BCUT2D eigenvalue weighted by molar-refractivity contribution is 5.66. The number of rotatable bonds is 5. The zero-order valence-electron chi connectivity index (χ0n) is 10.9. The van der Waals surface area contributed by atoms with E-state index in [0.717, 1.165) is 0 Å². The lowest BCUT2D eigenvalue weighted by atomic mass is 10.0. The van der Waals surface area contributed by atoms with Gasteiger partial charge < -0.3 is 9.47 Å². The van der Waals surface area contributed by atoms with E-state index in [1.165, 1.54) is 23.6 Å². The lowest BCUT2D eigenvalue weighted by molar-refractivity contribution is -0.148. The fourth-order valence-corrected chi connectivity index (χ4v) is 1.72. The molecule has 0 radical (unpaired) electrons. The zero-order chi connectivity index (χ0) is 12.8. The first-order valence-corrected chi connectivity index (χ1v) is 5.80. The molecule has 0 bridgehead atoms. The van der Waals surface area contributed by atoms with Gasteiger partial charge in [-0.1, -0.05) is 18.2 Å². The normalized spacial score (nSPS) is 12.2. The number of benzene rings is 1. The monoisotopic (exact) mass is 236 g/mol. The lowest BCUT2D eigenvalue weighted by Gasteiger charge is -2.14. The summed E-state index contributed by atoms with van der Waals surface area (Å²) in [7, 11) is 0. The molecule has 17 heavy (non-hydrogen) atoms. The molecule has 1 rings (SSSR count). The van der Waals surface area contributed by atoms with Crippen molar-refractivity contribution in [1.29, 1.82) is 0 Å². The van der Waals surface area contributed by atoms with Crippen LogP contribution in [0.15, 0.2) is 18.2 Å². The molecule has 1 atom stereocenters. The number of carbonyl (C=O) groups is 1. The number of ether oxygens (including phenoxy) is 2. The number of esters is 1. The Morgan fingerprint density at radius 1 is 1.29 bits per heavy atom. The van der Waals surface area contributed by atoms with Crippen molar-refractivity contribution in [2.24, 2.45) is 0 Å². The lowest BCUT2D eigenvalue weighted by Crippen LogP contribution is -2.18. The Morgan fingerprint density at radius 2 is 1.88 bits per heavy atom. The van der Waals surface area contributed by atoms with Gasteiger partial charge in [0, 0.05) is 6.92 Å². The molecule has 0 amide bonds. The van der Waals surface area contributed by atoms with Crippen LogP contribution in [0.3, 0.4) is 0 Å². The molecule has 94 valence electrons. The summed E-state index contributed by atoms with van der Waals surface area (Å²) >= 11 is 0. The van der Waals surface area contributed by atoms with Crippen LogP contribution in [0.25, 0.3) is 0 Å². The summed E-state index contributed by atoms with van der Waals surface area (Å²) in [6, 6.07) is 6.18. The number of carbonyl (C=O) groups excluding carboxylic acids is 1. The summed E-state index contributed by atoms with van der Waals surface area (Å²) < 4.78 is 10.6. The van der Waals surface area contributed by atoms with Gasteiger partial charge in [-0.2, -0.15) is 0 Å². The molecule has 1 aromatic rings. The molecular formula is C14H20O3. The van der Waals surface area contributed by atoms with Gasteiger partial charge in [0.25, 0.3) is 0 Å². The molecule has 0 saturated carbocycles. The standard InChI is InChI=1S/C14H20O3/c1-10-6-5-7-11(2)14(10)9-16-8-12(3)17-13(4)15/h5-7,12H,8-9H2,1-4H3. The topological polar surface area (TPSA) is 35.5 Å². The molecule has 0 N–H and O–H groups in total. The third-order valence-corrected chi connectivity index (χ3v) is 2.61. The van der Waals surface area contributed by atoms with Crippen LogP contribution in [0.1, 0.15) is 30.5 Å². The van der Waals surface area contributed by atoms with E-state index >= 15 is 0 Å². The van der Waals surface area contributed by atoms with Crippen LogP contribution in [0.2, 0.25) is 0 Å². The van der Waals surface area contributed by atoms with Crippen molar-refractivity contribution in [3.05, 3.63) is 34.9 Å². The fourth-order valence-electron chi connectivity index (χ4n) is 1.72.